The van der Waals surface area contributed by atoms with E-state index in [1.54, 1.807) is 7.11 Å². The first-order valence-corrected chi connectivity index (χ1v) is 6.95. The van der Waals surface area contributed by atoms with Crippen molar-refractivity contribution >= 4 is 0 Å². The van der Waals surface area contributed by atoms with Gasteiger partial charge in [0.25, 0.3) is 0 Å². The van der Waals surface area contributed by atoms with E-state index < -0.39 is 0 Å². The molecular formula is C14H27NO. The van der Waals surface area contributed by atoms with E-state index in [1.807, 2.05) is 0 Å². The molecule has 1 N–H and O–H groups in total. The fraction of sp³-hybridized carbons (Fsp3) is 1.00. The molecule has 0 radical (unpaired) electrons. The first-order chi connectivity index (χ1) is 7.70. The van der Waals surface area contributed by atoms with Crippen molar-refractivity contribution in [2.75, 3.05) is 13.7 Å². The van der Waals surface area contributed by atoms with Crippen molar-refractivity contribution in [1.29, 1.82) is 0 Å². The Labute approximate surface area is 100 Å². The smallest absolute Gasteiger partial charge is 0.0477 e. The fourth-order valence-corrected chi connectivity index (χ4v) is 3.58. The van der Waals surface area contributed by atoms with Crippen molar-refractivity contribution in [3.63, 3.8) is 0 Å². The van der Waals surface area contributed by atoms with Crippen molar-refractivity contribution in [1.82, 2.24) is 5.32 Å². The molecule has 0 spiro atoms. The van der Waals surface area contributed by atoms with Crippen molar-refractivity contribution < 1.29 is 4.74 Å². The Balaban J connectivity index is 1.81. The van der Waals surface area contributed by atoms with Crippen LogP contribution in [-0.2, 0) is 4.74 Å². The highest BCUT2D eigenvalue weighted by atomic mass is 16.5. The Morgan fingerprint density at radius 3 is 2.56 bits per heavy atom. The molecule has 2 heteroatoms. The van der Waals surface area contributed by atoms with Crippen LogP contribution in [0.25, 0.3) is 0 Å². The standard InChI is InChI=1S/C14H27NO/c1-10(2)13(6-7-16-3)15-14-9-11-4-5-12(14)8-11/h10-15H,4-9H2,1-3H3. The summed E-state index contributed by atoms with van der Waals surface area (Å²) in [5.41, 5.74) is 0. The summed E-state index contributed by atoms with van der Waals surface area (Å²) in [4.78, 5) is 0. The molecule has 0 aromatic heterocycles. The Bertz CT molecular complexity index is 217. The second kappa shape index (κ2) is 5.50. The minimum absolute atomic E-state index is 0.643. The minimum Gasteiger partial charge on any atom is -0.385 e. The molecule has 2 nitrogen and oxygen atoms in total. The Hall–Kier alpha value is -0.0800. The number of hydrogen-bond acceptors (Lipinski definition) is 2. The average molecular weight is 225 g/mol. The Kier molecular flexibility index (Phi) is 4.26. The molecule has 0 aromatic rings. The third-order valence-electron chi connectivity index (χ3n) is 4.60. The van der Waals surface area contributed by atoms with Crippen LogP contribution in [0.3, 0.4) is 0 Å². The minimum atomic E-state index is 0.643. The first-order valence-electron chi connectivity index (χ1n) is 6.95. The van der Waals surface area contributed by atoms with Crippen molar-refractivity contribution in [3.05, 3.63) is 0 Å². The number of hydrogen-bond donors (Lipinski definition) is 1. The van der Waals surface area contributed by atoms with E-state index in [2.05, 4.69) is 19.2 Å². The highest BCUT2D eigenvalue weighted by Gasteiger charge is 2.40. The molecule has 0 aliphatic heterocycles. The van der Waals surface area contributed by atoms with Crippen LogP contribution >= 0.6 is 0 Å². The van der Waals surface area contributed by atoms with Crippen molar-refractivity contribution in [2.24, 2.45) is 17.8 Å². The largest absolute Gasteiger partial charge is 0.385 e. The second-order valence-electron chi connectivity index (χ2n) is 6.08. The quantitative estimate of drug-likeness (QED) is 0.750. The van der Waals surface area contributed by atoms with Gasteiger partial charge in [0.1, 0.15) is 0 Å². The highest BCUT2D eigenvalue weighted by Crippen LogP contribution is 2.44. The molecule has 2 bridgehead atoms. The molecule has 0 heterocycles. The van der Waals surface area contributed by atoms with Gasteiger partial charge in [0.2, 0.25) is 0 Å². The molecule has 0 amide bonds. The zero-order valence-corrected chi connectivity index (χ0v) is 11.0. The van der Waals surface area contributed by atoms with Gasteiger partial charge in [-0.15, -0.1) is 0 Å². The van der Waals surface area contributed by atoms with Gasteiger partial charge >= 0.3 is 0 Å². The van der Waals surface area contributed by atoms with Gasteiger partial charge in [-0.25, -0.2) is 0 Å². The normalized spacial score (nSPS) is 34.9. The zero-order valence-electron chi connectivity index (χ0n) is 11.0. The summed E-state index contributed by atoms with van der Waals surface area (Å²) < 4.78 is 5.21. The predicted octanol–water partition coefficient (Wildman–Crippen LogP) is 2.83. The Morgan fingerprint density at radius 2 is 2.06 bits per heavy atom. The van der Waals surface area contributed by atoms with Crippen LogP contribution in [0.4, 0.5) is 0 Å². The molecule has 94 valence electrons. The van der Waals surface area contributed by atoms with Gasteiger partial charge in [-0.2, -0.15) is 0 Å². The number of methoxy groups -OCH3 is 1. The van der Waals surface area contributed by atoms with E-state index in [1.165, 1.54) is 25.7 Å². The van der Waals surface area contributed by atoms with Gasteiger partial charge in [-0.3, -0.25) is 0 Å². The molecule has 2 aliphatic rings. The maximum atomic E-state index is 5.21. The molecule has 16 heavy (non-hydrogen) atoms. The summed E-state index contributed by atoms with van der Waals surface area (Å²) >= 11 is 0. The number of rotatable bonds is 6. The van der Waals surface area contributed by atoms with E-state index in [0.717, 1.165) is 30.9 Å². The summed E-state index contributed by atoms with van der Waals surface area (Å²) in [5, 5.41) is 3.90. The summed E-state index contributed by atoms with van der Waals surface area (Å²) in [5.74, 6) is 2.74. The lowest BCUT2D eigenvalue weighted by Gasteiger charge is -2.31. The summed E-state index contributed by atoms with van der Waals surface area (Å²) in [6.07, 6.45) is 7.04. The lowest BCUT2D eigenvalue weighted by molar-refractivity contribution is 0.165. The number of fused-ring (bicyclic) bond motifs is 2. The van der Waals surface area contributed by atoms with Crippen LogP contribution in [-0.4, -0.2) is 25.8 Å². The number of nitrogens with one attached hydrogen (secondary N) is 1. The van der Waals surface area contributed by atoms with Crippen LogP contribution in [0.15, 0.2) is 0 Å². The summed E-state index contributed by atoms with van der Waals surface area (Å²) in [7, 11) is 1.80. The third-order valence-corrected chi connectivity index (χ3v) is 4.60. The molecule has 4 atom stereocenters. The lowest BCUT2D eigenvalue weighted by Crippen LogP contribution is -2.44. The van der Waals surface area contributed by atoms with Gasteiger partial charge < -0.3 is 10.1 Å². The summed E-state index contributed by atoms with van der Waals surface area (Å²) in [6, 6.07) is 1.45. The average Bonchev–Trinajstić information content (AvgIpc) is 2.85. The SMILES string of the molecule is COCCC(NC1CC2CCC1C2)C(C)C. The molecule has 0 saturated heterocycles. The van der Waals surface area contributed by atoms with E-state index in [0.29, 0.717) is 12.0 Å². The van der Waals surface area contributed by atoms with Gasteiger partial charge in [-0.05, 0) is 43.4 Å². The Morgan fingerprint density at radius 1 is 1.25 bits per heavy atom. The third kappa shape index (κ3) is 2.78. The zero-order chi connectivity index (χ0) is 11.5. The van der Waals surface area contributed by atoms with Gasteiger partial charge in [0.05, 0.1) is 0 Å². The van der Waals surface area contributed by atoms with Crippen LogP contribution in [0.5, 0.6) is 0 Å². The van der Waals surface area contributed by atoms with Crippen molar-refractivity contribution in [2.45, 2.75) is 58.0 Å². The van der Waals surface area contributed by atoms with Crippen LogP contribution < -0.4 is 5.32 Å². The number of ether oxygens (including phenoxy) is 1. The molecular weight excluding hydrogens is 198 g/mol. The maximum Gasteiger partial charge on any atom is 0.0477 e. The fourth-order valence-electron chi connectivity index (χ4n) is 3.58. The van der Waals surface area contributed by atoms with Gasteiger partial charge in [0, 0.05) is 25.8 Å². The van der Waals surface area contributed by atoms with Gasteiger partial charge in [-0.1, -0.05) is 20.3 Å². The molecule has 2 rings (SSSR count). The van der Waals surface area contributed by atoms with E-state index >= 15 is 0 Å². The van der Waals surface area contributed by atoms with Crippen molar-refractivity contribution in [3.8, 4) is 0 Å². The van der Waals surface area contributed by atoms with Crippen LogP contribution in [0, 0.1) is 17.8 Å². The molecule has 2 fully saturated rings. The summed E-state index contributed by atoms with van der Waals surface area (Å²) in [6.45, 7) is 5.53. The lowest BCUT2D eigenvalue weighted by atomic mass is 9.92. The first kappa shape index (κ1) is 12.4. The van der Waals surface area contributed by atoms with E-state index in [9.17, 15) is 0 Å². The monoisotopic (exact) mass is 225 g/mol. The van der Waals surface area contributed by atoms with Gasteiger partial charge in [0.15, 0.2) is 0 Å². The predicted molar refractivity (Wildman–Crippen MR) is 67.5 cm³/mol. The van der Waals surface area contributed by atoms with Crippen LogP contribution in [0.2, 0.25) is 0 Å². The second-order valence-corrected chi connectivity index (χ2v) is 6.08. The van der Waals surface area contributed by atoms with E-state index in [-0.39, 0.29) is 0 Å². The molecule has 2 saturated carbocycles. The molecule has 0 aromatic carbocycles. The molecule has 2 aliphatic carbocycles. The maximum absolute atomic E-state index is 5.21. The topological polar surface area (TPSA) is 21.3 Å². The van der Waals surface area contributed by atoms with E-state index in [4.69, 9.17) is 4.74 Å². The van der Waals surface area contributed by atoms with Crippen LogP contribution in [0.1, 0.15) is 46.0 Å². The highest BCUT2D eigenvalue weighted by molar-refractivity contribution is 4.95. The molecule has 4 unspecified atom stereocenters.